The van der Waals surface area contributed by atoms with Crippen LogP contribution in [-0.2, 0) is 11.2 Å². The number of halogens is 2. The number of carbonyl (C=O) groups is 1. The van der Waals surface area contributed by atoms with Crippen LogP contribution in [0.4, 0.5) is 14.6 Å². The lowest BCUT2D eigenvalue weighted by molar-refractivity contribution is -0.115. The highest BCUT2D eigenvalue weighted by Crippen LogP contribution is 2.33. The second kappa shape index (κ2) is 6.25. The molecule has 22 heavy (non-hydrogen) atoms. The summed E-state index contributed by atoms with van der Waals surface area (Å²) in [7, 11) is 0. The molecule has 0 aliphatic heterocycles. The number of carbonyl (C=O) groups excluding carboxylic acids is 1. The van der Waals surface area contributed by atoms with Crippen LogP contribution in [0, 0.1) is 18.1 Å². The van der Waals surface area contributed by atoms with E-state index in [2.05, 4.69) is 21.9 Å². The Kier molecular flexibility index (Phi) is 4.18. The number of amides is 1. The fourth-order valence-electron chi connectivity index (χ4n) is 2.73. The maximum absolute atomic E-state index is 13.1. The number of aromatic amines is 1. The number of hydrogen-bond acceptors (Lipinski definition) is 2. The Morgan fingerprint density at radius 2 is 2.05 bits per heavy atom. The van der Waals surface area contributed by atoms with Gasteiger partial charge in [0, 0.05) is 23.7 Å². The summed E-state index contributed by atoms with van der Waals surface area (Å²) >= 11 is 0. The van der Waals surface area contributed by atoms with Gasteiger partial charge in [-0.25, -0.2) is 8.78 Å². The minimum Gasteiger partial charge on any atom is -0.309 e. The third-order valence-corrected chi connectivity index (χ3v) is 3.76. The van der Waals surface area contributed by atoms with E-state index in [-0.39, 0.29) is 17.9 Å². The lowest BCUT2D eigenvalue weighted by atomic mass is 10.0. The van der Waals surface area contributed by atoms with Crippen molar-refractivity contribution in [3.05, 3.63) is 53.6 Å². The van der Waals surface area contributed by atoms with Crippen LogP contribution < -0.4 is 5.32 Å². The van der Waals surface area contributed by atoms with Crippen molar-refractivity contribution >= 4 is 11.7 Å². The third-order valence-electron chi connectivity index (χ3n) is 3.76. The molecule has 6 heteroatoms. The average Bonchev–Trinajstić information content (AvgIpc) is 3.07. The summed E-state index contributed by atoms with van der Waals surface area (Å²) in [5.74, 6) is -0.884. The van der Waals surface area contributed by atoms with Gasteiger partial charge in [0.05, 0.1) is 6.42 Å². The van der Waals surface area contributed by atoms with Crippen molar-refractivity contribution in [2.45, 2.75) is 31.6 Å². The molecular weight excluding hydrogens is 288 g/mol. The number of H-pyrrole nitrogens is 1. The van der Waals surface area contributed by atoms with E-state index >= 15 is 0 Å². The molecule has 3 rings (SSSR count). The first-order chi connectivity index (χ1) is 10.6. The second-order valence-corrected chi connectivity index (χ2v) is 5.51. The van der Waals surface area contributed by atoms with Crippen molar-refractivity contribution in [3.8, 4) is 0 Å². The van der Waals surface area contributed by atoms with Crippen molar-refractivity contribution in [2.24, 2.45) is 0 Å². The number of nitrogens with one attached hydrogen (secondary N) is 2. The van der Waals surface area contributed by atoms with Crippen LogP contribution in [0.2, 0.25) is 0 Å². The molecular formula is C16H16F2N3O. The first-order valence-electron chi connectivity index (χ1n) is 7.22. The molecule has 0 unspecified atom stereocenters. The van der Waals surface area contributed by atoms with E-state index in [1.54, 1.807) is 0 Å². The summed E-state index contributed by atoms with van der Waals surface area (Å²) in [6, 6.07) is 4.88. The zero-order valence-corrected chi connectivity index (χ0v) is 11.9. The van der Waals surface area contributed by atoms with Gasteiger partial charge in [0.25, 0.3) is 0 Å². The highest BCUT2D eigenvalue weighted by molar-refractivity contribution is 5.91. The summed E-state index contributed by atoms with van der Waals surface area (Å²) in [5, 5.41) is 9.63. The first kappa shape index (κ1) is 14.7. The molecule has 1 radical (unpaired) electrons. The molecule has 1 fully saturated rings. The molecule has 1 saturated carbocycles. The van der Waals surface area contributed by atoms with Crippen molar-refractivity contribution < 1.29 is 13.6 Å². The monoisotopic (exact) mass is 304 g/mol. The molecule has 0 saturated heterocycles. The Labute approximate surface area is 126 Å². The molecule has 1 aliphatic rings. The van der Waals surface area contributed by atoms with Gasteiger partial charge in [-0.1, -0.05) is 0 Å². The summed E-state index contributed by atoms with van der Waals surface area (Å²) in [6.07, 6.45) is 5.32. The molecule has 1 aromatic carbocycles. The predicted octanol–water partition coefficient (Wildman–Crippen LogP) is 3.34. The topological polar surface area (TPSA) is 57.8 Å². The van der Waals surface area contributed by atoms with E-state index in [0.29, 0.717) is 11.7 Å². The van der Waals surface area contributed by atoms with Crippen molar-refractivity contribution in [1.29, 1.82) is 0 Å². The zero-order valence-electron chi connectivity index (χ0n) is 11.9. The van der Waals surface area contributed by atoms with Crippen LogP contribution in [0.15, 0.2) is 24.3 Å². The molecule has 1 aliphatic carbocycles. The van der Waals surface area contributed by atoms with Gasteiger partial charge < -0.3 is 5.32 Å². The molecule has 1 heterocycles. The Morgan fingerprint density at radius 1 is 1.27 bits per heavy atom. The number of hydrogen-bond donors (Lipinski definition) is 2. The van der Waals surface area contributed by atoms with Crippen LogP contribution in [0.3, 0.4) is 0 Å². The molecule has 4 nitrogen and oxygen atoms in total. The fourth-order valence-corrected chi connectivity index (χ4v) is 2.73. The average molecular weight is 304 g/mol. The lowest BCUT2D eigenvalue weighted by Crippen LogP contribution is -2.14. The Balaban J connectivity index is 1.61. The Hall–Kier alpha value is -2.24. The normalized spacial score (nSPS) is 15.2. The largest absolute Gasteiger partial charge is 0.309 e. The molecule has 1 aromatic heterocycles. The fraction of sp³-hybridized carbons (Fsp3) is 0.312. The van der Waals surface area contributed by atoms with E-state index < -0.39 is 11.6 Å². The molecule has 1 atom stereocenters. The number of aromatic nitrogens is 2. The summed E-state index contributed by atoms with van der Waals surface area (Å²) in [4.78, 5) is 11.9. The first-order valence-corrected chi connectivity index (χ1v) is 7.22. The molecule has 0 bridgehead atoms. The van der Waals surface area contributed by atoms with Gasteiger partial charge in [0.2, 0.25) is 5.91 Å². The van der Waals surface area contributed by atoms with Crippen LogP contribution in [0.1, 0.15) is 36.4 Å². The number of anilines is 1. The third kappa shape index (κ3) is 3.50. The smallest absolute Gasteiger partial charge is 0.229 e. The molecule has 2 aromatic rings. The van der Waals surface area contributed by atoms with Gasteiger partial charge in [-0.3, -0.25) is 9.89 Å². The van der Waals surface area contributed by atoms with E-state index in [1.165, 1.54) is 0 Å². The van der Waals surface area contributed by atoms with E-state index in [4.69, 9.17) is 0 Å². The van der Waals surface area contributed by atoms with Gasteiger partial charge in [0.1, 0.15) is 11.6 Å². The highest BCUT2D eigenvalue weighted by Gasteiger charge is 2.19. The summed E-state index contributed by atoms with van der Waals surface area (Å²) in [5.41, 5.74) is 1.29. The molecule has 0 spiro atoms. The number of rotatable bonds is 4. The Bertz CT molecular complexity index is 658. The van der Waals surface area contributed by atoms with Gasteiger partial charge in [-0.15, -0.1) is 0 Å². The highest BCUT2D eigenvalue weighted by atomic mass is 19.1. The molecule has 115 valence electrons. The standard InChI is InChI=1S/C16H16F2N3O/c17-12-5-10(6-13(18)8-12)7-16(22)19-15-9-14(20-21-15)11-3-1-2-4-11/h1,5-6,8-9,11H,2-4,7H2,(H2,19,20,21,22)/t11-/m1/s1. The maximum atomic E-state index is 13.1. The summed E-state index contributed by atoms with van der Waals surface area (Å²) in [6.45, 7) is 0. The quantitative estimate of drug-likeness (QED) is 0.910. The molecule has 1 amide bonds. The van der Waals surface area contributed by atoms with Gasteiger partial charge >= 0.3 is 0 Å². The summed E-state index contributed by atoms with van der Waals surface area (Å²) < 4.78 is 26.2. The van der Waals surface area contributed by atoms with Gasteiger partial charge in [0.15, 0.2) is 5.82 Å². The van der Waals surface area contributed by atoms with Crippen molar-refractivity contribution in [2.75, 3.05) is 5.32 Å². The Morgan fingerprint density at radius 3 is 2.73 bits per heavy atom. The van der Waals surface area contributed by atoms with Crippen LogP contribution >= 0.6 is 0 Å². The second-order valence-electron chi connectivity index (χ2n) is 5.51. The number of nitrogens with zero attached hydrogens (tertiary/aromatic N) is 1. The number of benzene rings is 1. The molecule has 2 N–H and O–H groups in total. The van der Waals surface area contributed by atoms with Gasteiger partial charge in [-0.05, 0) is 43.4 Å². The zero-order chi connectivity index (χ0) is 15.5. The predicted molar refractivity (Wildman–Crippen MR) is 78.2 cm³/mol. The van der Waals surface area contributed by atoms with E-state index in [9.17, 15) is 13.6 Å². The van der Waals surface area contributed by atoms with Crippen LogP contribution in [0.5, 0.6) is 0 Å². The maximum Gasteiger partial charge on any atom is 0.229 e. The van der Waals surface area contributed by atoms with E-state index in [0.717, 1.165) is 43.2 Å². The van der Waals surface area contributed by atoms with Crippen LogP contribution in [-0.4, -0.2) is 16.1 Å². The van der Waals surface area contributed by atoms with Crippen LogP contribution in [0.25, 0.3) is 0 Å². The SMILES string of the molecule is O=C(Cc1cc(F)cc(F)c1)Nc1cc([C@@H]2C[CH]CC2)[nH]n1. The minimum atomic E-state index is -0.692. The van der Waals surface area contributed by atoms with Crippen molar-refractivity contribution in [1.82, 2.24) is 10.2 Å². The lowest BCUT2D eigenvalue weighted by Gasteiger charge is -2.04. The van der Waals surface area contributed by atoms with Gasteiger partial charge in [-0.2, -0.15) is 5.10 Å². The van der Waals surface area contributed by atoms with E-state index in [1.807, 2.05) is 6.07 Å². The minimum absolute atomic E-state index is 0.103. The van der Waals surface area contributed by atoms with Crippen molar-refractivity contribution in [3.63, 3.8) is 0 Å².